The largest absolute Gasteiger partial charge is 1.00 e. The number of halogens is 1. The van der Waals surface area contributed by atoms with Gasteiger partial charge in [-0.2, -0.15) is 0 Å². The Bertz CT molecular complexity index is 1260. The first-order chi connectivity index (χ1) is 16.2. The van der Waals surface area contributed by atoms with Crippen molar-refractivity contribution in [2.75, 3.05) is 6.54 Å². The van der Waals surface area contributed by atoms with Crippen molar-refractivity contribution >= 4 is 22.6 Å². The third-order valence-corrected chi connectivity index (χ3v) is 6.31. The van der Waals surface area contributed by atoms with Crippen molar-refractivity contribution in [3.8, 4) is 11.1 Å². The van der Waals surface area contributed by atoms with Gasteiger partial charge in [-0.05, 0) is 53.6 Å². The van der Waals surface area contributed by atoms with Gasteiger partial charge in [0.1, 0.15) is 6.54 Å². The molecule has 0 saturated heterocycles. The van der Waals surface area contributed by atoms with E-state index in [-0.39, 0.29) is 28.8 Å². The van der Waals surface area contributed by atoms with Crippen LogP contribution in [0.15, 0.2) is 85.5 Å². The summed E-state index contributed by atoms with van der Waals surface area (Å²) >= 11 is 0. The van der Waals surface area contributed by atoms with Crippen LogP contribution in [0.1, 0.15) is 46.4 Å². The van der Waals surface area contributed by atoms with Crippen LogP contribution in [-0.2, 0) is 6.54 Å². The molecule has 0 bridgehead atoms. The van der Waals surface area contributed by atoms with Gasteiger partial charge in [0.05, 0.1) is 0 Å². The van der Waals surface area contributed by atoms with E-state index < -0.39 is 0 Å². The summed E-state index contributed by atoms with van der Waals surface area (Å²) in [5.74, 6) is -0.344. The highest BCUT2D eigenvalue weighted by molar-refractivity contribution is 6.25. The number of unbranched alkanes of at least 4 members (excludes halogenated alkanes) is 3. The molecule has 1 aliphatic rings. The van der Waals surface area contributed by atoms with E-state index in [9.17, 15) is 9.59 Å². The molecule has 5 nitrogen and oxygen atoms in total. The first kappa shape index (κ1) is 23.8. The van der Waals surface area contributed by atoms with Crippen LogP contribution < -0.4 is 21.5 Å². The number of amides is 2. The minimum Gasteiger partial charge on any atom is -1.00 e. The minimum atomic E-state index is -0.172. The fourth-order valence-electron chi connectivity index (χ4n) is 4.54. The molecular formula is C28H26BrN3O2. The molecule has 0 atom stereocenters. The summed E-state index contributed by atoms with van der Waals surface area (Å²) in [6.07, 6.45) is 11.8. The Labute approximate surface area is 209 Å². The molecule has 0 saturated carbocycles. The number of imide groups is 1. The van der Waals surface area contributed by atoms with Gasteiger partial charge in [0, 0.05) is 54.0 Å². The maximum atomic E-state index is 12.9. The smallest absolute Gasteiger partial charge is 0.261 e. The minimum absolute atomic E-state index is 0. The van der Waals surface area contributed by atoms with Crippen molar-refractivity contribution < 1.29 is 31.1 Å². The van der Waals surface area contributed by atoms with E-state index in [1.165, 1.54) is 10.5 Å². The highest BCUT2D eigenvalue weighted by atomic mass is 79.9. The van der Waals surface area contributed by atoms with E-state index >= 15 is 0 Å². The Morgan fingerprint density at radius 3 is 1.94 bits per heavy atom. The van der Waals surface area contributed by atoms with E-state index in [1.54, 1.807) is 12.4 Å². The lowest BCUT2D eigenvalue weighted by atomic mass is 9.94. The third kappa shape index (κ3) is 4.77. The zero-order valence-corrected chi connectivity index (χ0v) is 20.4. The Morgan fingerprint density at radius 1 is 0.706 bits per heavy atom. The average Bonchev–Trinajstić information content (AvgIpc) is 2.87. The van der Waals surface area contributed by atoms with E-state index in [4.69, 9.17) is 0 Å². The summed E-state index contributed by atoms with van der Waals surface area (Å²) in [6.45, 7) is 1.42. The molecule has 3 heterocycles. The van der Waals surface area contributed by atoms with Crippen LogP contribution in [0, 0.1) is 0 Å². The van der Waals surface area contributed by atoms with Gasteiger partial charge in [0.2, 0.25) is 0 Å². The van der Waals surface area contributed by atoms with Crippen molar-refractivity contribution in [3.05, 3.63) is 96.6 Å². The molecule has 0 N–H and O–H groups in total. The van der Waals surface area contributed by atoms with Gasteiger partial charge in [-0.3, -0.25) is 19.5 Å². The van der Waals surface area contributed by atoms with Crippen LogP contribution in [0.4, 0.5) is 0 Å². The van der Waals surface area contributed by atoms with Gasteiger partial charge in [0.15, 0.2) is 12.4 Å². The van der Waals surface area contributed by atoms with Crippen molar-refractivity contribution in [1.29, 1.82) is 0 Å². The molecule has 4 aromatic rings. The van der Waals surface area contributed by atoms with Gasteiger partial charge < -0.3 is 17.0 Å². The lowest BCUT2D eigenvalue weighted by molar-refractivity contribution is -0.697. The summed E-state index contributed by atoms with van der Waals surface area (Å²) in [5, 5.41) is 1.73. The van der Waals surface area contributed by atoms with Gasteiger partial charge in [-0.15, -0.1) is 0 Å². The number of aromatic nitrogens is 2. The molecule has 2 amide bonds. The van der Waals surface area contributed by atoms with Crippen LogP contribution in [-0.4, -0.2) is 28.2 Å². The number of nitrogens with zero attached hydrogens (tertiary/aromatic N) is 3. The number of pyridine rings is 2. The Balaban J connectivity index is 0.00000274. The molecule has 34 heavy (non-hydrogen) atoms. The molecule has 0 unspecified atom stereocenters. The maximum absolute atomic E-state index is 12.9. The second kappa shape index (κ2) is 10.7. The predicted octanol–water partition coefficient (Wildman–Crippen LogP) is 2.05. The van der Waals surface area contributed by atoms with Gasteiger partial charge in [-0.25, -0.2) is 4.57 Å². The fourth-order valence-corrected chi connectivity index (χ4v) is 4.54. The maximum Gasteiger partial charge on any atom is 0.261 e. The molecule has 0 aliphatic carbocycles. The van der Waals surface area contributed by atoms with Gasteiger partial charge in [-0.1, -0.05) is 30.7 Å². The number of rotatable bonds is 8. The van der Waals surface area contributed by atoms with Crippen molar-refractivity contribution in [2.24, 2.45) is 0 Å². The van der Waals surface area contributed by atoms with E-state index in [0.29, 0.717) is 17.7 Å². The number of benzene rings is 2. The highest BCUT2D eigenvalue weighted by Crippen LogP contribution is 2.30. The summed E-state index contributed by atoms with van der Waals surface area (Å²) < 4.78 is 2.19. The van der Waals surface area contributed by atoms with Crippen molar-refractivity contribution in [2.45, 2.75) is 32.2 Å². The van der Waals surface area contributed by atoms with Crippen molar-refractivity contribution in [3.63, 3.8) is 0 Å². The number of carbonyl (C=O) groups excluding carboxylic acids is 2. The van der Waals surface area contributed by atoms with Crippen LogP contribution >= 0.6 is 0 Å². The summed E-state index contributed by atoms with van der Waals surface area (Å²) in [6, 6.07) is 19.6. The van der Waals surface area contributed by atoms with Crippen molar-refractivity contribution in [1.82, 2.24) is 9.88 Å². The molecule has 172 valence electrons. The molecule has 5 rings (SSSR count). The highest BCUT2D eigenvalue weighted by Gasteiger charge is 2.31. The van der Waals surface area contributed by atoms with E-state index in [0.717, 1.165) is 48.6 Å². The molecule has 1 aliphatic heterocycles. The SMILES string of the molecule is O=C1c2cccc3cccc(c23)C(=O)N1CCCCCC[n+]1ccc(-c2ccncc2)cc1.[Br-]. The molecule has 0 radical (unpaired) electrons. The van der Waals surface area contributed by atoms with E-state index in [2.05, 4.69) is 34.1 Å². The third-order valence-electron chi connectivity index (χ3n) is 6.31. The fraction of sp³-hybridized carbons (Fsp3) is 0.214. The number of aryl methyl sites for hydroxylation is 1. The quantitative estimate of drug-likeness (QED) is 0.205. The predicted molar refractivity (Wildman–Crippen MR) is 128 cm³/mol. The summed E-state index contributed by atoms with van der Waals surface area (Å²) in [4.78, 5) is 31.4. The van der Waals surface area contributed by atoms with E-state index in [1.807, 2.05) is 48.5 Å². The lowest BCUT2D eigenvalue weighted by Crippen LogP contribution is -3.00. The number of hydrogen-bond acceptors (Lipinski definition) is 3. The second-order valence-corrected chi connectivity index (χ2v) is 8.45. The zero-order chi connectivity index (χ0) is 22.6. The Morgan fingerprint density at radius 2 is 1.29 bits per heavy atom. The summed E-state index contributed by atoms with van der Waals surface area (Å²) in [5.41, 5.74) is 3.61. The molecule has 0 fully saturated rings. The first-order valence-corrected chi connectivity index (χ1v) is 11.5. The standard InChI is InChI=1S/C28H26N3O2.BrH/c32-27-24-9-5-7-23-8-6-10-25(26(23)24)28(33)31(27)18-4-2-1-3-17-30-19-13-22(14-20-30)21-11-15-29-16-12-21;/h5-16,19-20H,1-4,17-18H2;1H/q+1;/p-1. The number of hydrogen-bond donors (Lipinski definition) is 0. The van der Waals surface area contributed by atoms with Gasteiger partial charge in [0.25, 0.3) is 11.8 Å². The molecule has 0 spiro atoms. The van der Waals surface area contributed by atoms with Gasteiger partial charge >= 0.3 is 0 Å². The molecule has 2 aromatic carbocycles. The first-order valence-electron chi connectivity index (χ1n) is 11.5. The molecule has 2 aromatic heterocycles. The Hall–Kier alpha value is -3.38. The second-order valence-electron chi connectivity index (χ2n) is 8.45. The Kier molecular flexibility index (Phi) is 7.48. The van der Waals surface area contributed by atoms with Crippen LogP contribution in [0.5, 0.6) is 0 Å². The van der Waals surface area contributed by atoms with Crippen LogP contribution in [0.25, 0.3) is 21.9 Å². The monoisotopic (exact) mass is 515 g/mol. The van der Waals surface area contributed by atoms with Crippen LogP contribution in [0.3, 0.4) is 0 Å². The topological polar surface area (TPSA) is 54.2 Å². The average molecular weight is 516 g/mol. The zero-order valence-electron chi connectivity index (χ0n) is 18.9. The molecule has 6 heteroatoms. The summed E-state index contributed by atoms with van der Waals surface area (Å²) in [7, 11) is 0. The van der Waals surface area contributed by atoms with Crippen LogP contribution in [0.2, 0.25) is 0 Å². The number of carbonyl (C=O) groups is 2. The molecular weight excluding hydrogens is 490 g/mol. The lowest BCUT2D eigenvalue weighted by Gasteiger charge is -2.27. The normalized spacial score (nSPS) is 12.6.